The number of benzene rings is 2. The van der Waals surface area contributed by atoms with Crippen LogP contribution in [0.5, 0.6) is 0 Å². The Bertz CT molecular complexity index is 1120. The Morgan fingerprint density at radius 1 is 1.03 bits per heavy atom. The molecule has 5 nitrogen and oxygen atoms in total. The number of hydrogen-bond acceptors (Lipinski definition) is 4. The van der Waals surface area contributed by atoms with Crippen molar-refractivity contribution < 1.29 is 19.1 Å². The number of halogens is 1. The van der Waals surface area contributed by atoms with Crippen molar-refractivity contribution in [3.63, 3.8) is 0 Å². The van der Waals surface area contributed by atoms with Gasteiger partial charge in [-0.15, -0.1) is 0 Å². The number of rotatable bonds is 3. The van der Waals surface area contributed by atoms with Gasteiger partial charge in [0.2, 0.25) is 0 Å². The standard InChI is InChI=1S/C23H17FN2O3/c1-14-8-10-15(11-9-14)21(27)19-20(17-6-2-3-7-18(17)24)26(23(29)22(19)28)16-5-4-12-25-13-16/h2-13,20,27H,1H3. The summed E-state index contributed by atoms with van der Waals surface area (Å²) >= 11 is 0. The van der Waals surface area contributed by atoms with E-state index in [1.807, 2.05) is 6.92 Å². The van der Waals surface area contributed by atoms with Crippen LogP contribution in [0.3, 0.4) is 0 Å². The molecule has 29 heavy (non-hydrogen) atoms. The van der Waals surface area contributed by atoms with Gasteiger partial charge in [0.15, 0.2) is 0 Å². The Morgan fingerprint density at radius 2 is 1.76 bits per heavy atom. The first kappa shape index (κ1) is 18.6. The van der Waals surface area contributed by atoms with Gasteiger partial charge in [0, 0.05) is 17.3 Å². The van der Waals surface area contributed by atoms with E-state index in [1.165, 1.54) is 35.5 Å². The predicted molar refractivity (Wildman–Crippen MR) is 107 cm³/mol. The van der Waals surface area contributed by atoms with Gasteiger partial charge < -0.3 is 5.11 Å². The molecular weight excluding hydrogens is 371 g/mol. The molecule has 3 aromatic rings. The summed E-state index contributed by atoms with van der Waals surface area (Å²) in [6.45, 7) is 1.89. The van der Waals surface area contributed by atoms with Crippen LogP contribution in [-0.4, -0.2) is 21.8 Å². The zero-order chi connectivity index (χ0) is 20.5. The third-order valence-electron chi connectivity index (χ3n) is 4.89. The molecule has 0 radical (unpaired) electrons. The molecule has 0 saturated carbocycles. The zero-order valence-corrected chi connectivity index (χ0v) is 15.5. The highest BCUT2D eigenvalue weighted by atomic mass is 19.1. The molecule has 1 aliphatic rings. The highest BCUT2D eigenvalue weighted by Gasteiger charge is 2.47. The number of aliphatic hydroxyl groups excluding tert-OH is 1. The van der Waals surface area contributed by atoms with Crippen LogP contribution in [0.15, 0.2) is 78.6 Å². The van der Waals surface area contributed by atoms with E-state index in [0.717, 1.165) is 5.56 Å². The van der Waals surface area contributed by atoms with E-state index in [9.17, 15) is 19.1 Å². The van der Waals surface area contributed by atoms with Gasteiger partial charge in [0.05, 0.1) is 23.5 Å². The molecule has 1 unspecified atom stereocenters. The summed E-state index contributed by atoms with van der Waals surface area (Å²) in [6.07, 6.45) is 2.95. The molecule has 2 aromatic carbocycles. The van der Waals surface area contributed by atoms with Crippen LogP contribution in [0.25, 0.3) is 5.76 Å². The van der Waals surface area contributed by atoms with Gasteiger partial charge in [-0.1, -0.05) is 48.0 Å². The minimum absolute atomic E-state index is 0.115. The predicted octanol–water partition coefficient (Wildman–Crippen LogP) is 4.16. The fourth-order valence-electron chi connectivity index (χ4n) is 3.45. The number of nitrogens with zero attached hydrogens (tertiary/aromatic N) is 2. The molecule has 144 valence electrons. The summed E-state index contributed by atoms with van der Waals surface area (Å²) in [5.41, 5.74) is 1.65. The SMILES string of the molecule is Cc1ccc(C(O)=C2C(=O)C(=O)N(c3cccnc3)C2c2ccccc2F)cc1. The van der Waals surface area contributed by atoms with E-state index in [4.69, 9.17) is 0 Å². The minimum atomic E-state index is -1.11. The number of ketones is 1. The topological polar surface area (TPSA) is 70.5 Å². The molecule has 0 aliphatic carbocycles. The number of carbonyl (C=O) groups excluding carboxylic acids is 2. The molecule has 1 atom stereocenters. The molecule has 1 fully saturated rings. The molecule has 4 rings (SSSR count). The number of anilines is 1. The number of amides is 1. The Hall–Kier alpha value is -3.80. The number of pyridine rings is 1. The molecule has 6 heteroatoms. The van der Waals surface area contributed by atoms with Gasteiger partial charge in [-0.2, -0.15) is 0 Å². The number of hydrogen-bond donors (Lipinski definition) is 1. The molecule has 1 N–H and O–H groups in total. The van der Waals surface area contributed by atoms with Gasteiger partial charge in [0.25, 0.3) is 11.7 Å². The smallest absolute Gasteiger partial charge is 0.300 e. The number of Topliss-reactive ketones (excluding diaryl/α,β-unsaturated/α-hetero) is 1. The molecule has 1 saturated heterocycles. The number of aromatic nitrogens is 1. The Balaban J connectivity index is 1.97. The van der Waals surface area contributed by atoms with Gasteiger partial charge in [-0.25, -0.2) is 4.39 Å². The van der Waals surface area contributed by atoms with Crippen LogP contribution in [0.2, 0.25) is 0 Å². The van der Waals surface area contributed by atoms with Crippen molar-refractivity contribution >= 4 is 23.1 Å². The number of aliphatic hydroxyl groups is 1. The van der Waals surface area contributed by atoms with Crippen molar-refractivity contribution in [2.75, 3.05) is 4.90 Å². The number of aryl methyl sites for hydroxylation is 1. The van der Waals surface area contributed by atoms with Crippen LogP contribution in [0.1, 0.15) is 22.7 Å². The maximum Gasteiger partial charge on any atom is 0.300 e. The van der Waals surface area contributed by atoms with Gasteiger partial charge in [-0.3, -0.25) is 19.5 Å². The third kappa shape index (κ3) is 3.18. The van der Waals surface area contributed by atoms with E-state index in [1.54, 1.807) is 42.5 Å². The van der Waals surface area contributed by atoms with Crippen molar-refractivity contribution in [3.8, 4) is 0 Å². The quantitative estimate of drug-likeness (QED) is 0.416. The second kappa shape index (κ2) is 7.31. The largest absolute Gasteiger partial charge is 0.507 e. The summed E-state index contributed by atoms with van der Waals surface area (Å²) in [5, 5.41) is 10.9. The fourth-order valence-corrected chi connectivity index (χ4v) is 3.45. The first-order valence-electron chi connectivity index (χ1n) is 9.01. The molecular formula is C23H17FN2O3. The van der Waals surface area contributed by atoms with Gasteiger partial charge in [-0.05, 0) is 25.1 Å². The monoisotopic (exact) mass is 388 g/mol. The molecule has 1 aromatic heterocycles. The Kier molecular flexibility index (Phi) is 4.68. The maximum absolute atomic E-state index is 14.7. The first-order valence-corrected chi connectivity index (χ1v) is 9.01. The minimum Gasteiger partial charge on any atom is -0.507 e. The van der Waals surface area contributed by atoms with E-state index in [0.29, 0.717) is 11.3 Å². The summed E-state index contributed by atoms with van der Waals surface area (Å²) in [4.78, 5) is 31.0. The average Bonchev–Trinajstić information content (AvgIpc) is 3.00. The normalized spacial score (nSPS) is 18.3. The van der Waals surface area contributed by atoms with Crippen LogP contribution in [-0.2, 0) is 9.59 Å². The Labute approximate surface area is 166 Å². The van der Waals surface area contributed by atoms with E-state index < -0.39 is 23.5 Å². The van der Waals surface area contributed by atoms with Crippen molar-refractivity contribution in [2.45, 2.75) is 13.0 Å². The molecule has 0 bridgehead atoms. The lowest BCUT2D eigenvalue weighted by Crippen LogP contribution is -2.29. The third-order valence-corrected chi connectivity index (χ3v) is 4.89. The van der Waals surface area contributed by atoms with Gasteiger partial charge in [0.1, 0.15) is 11.6 Å². The van der Waals surface area contributed by atoms with Crippen molar-refractivity contribution in [1.29, 1.82) is 0 Å². The molecule has 1 amide bonds. The van der Waals surface area contributed by atoms with Crippen LogP contribution in [0, 0.1) is 12.7 Å². The van der Waals surface area contributed by atoms with Crippen molar-refractivity contribution in [3.05, 3.63) is 101 Å². The van der Waals surface area contributed by atoms with E-state index in [2.05, 4.69) is 4.98 Å². The lowest BCUT2D eigenvalue weighted by Gasteiger charge is -2.25. The highest BCUT2D eigenvalue weighted by molar-refractivity contribution is 6.51. The van der Waals surface area contributed by atoms with Crippen molar-refractivity contribution in [1.82, 2.24) is 4.98 Å². The lowest BCUT2D eigenvalue weighted by atomic mass is 9.94. The fraction of sp³-hybridized carbons (Fsp3) is 0.0870. The van der Waals surface area contributed by atoms with Crippen LogP contribution < -0.4 is 4.90 Å². The number of carbonyl (C=O) groups is 2. The lowest BCUT2D eigenvalue weighted by molar-refractivity contribution is -0.132. The first-order chi connectivity index (χ1) is 14.0. The summed E-state index contributed by atoms with van der Waals surface area (Å²) in [6, 6.07) is 14.9. The zero-order valence-electron chi connectivity index (χ0n) is 15.5. The molecule has 1 aliphatic heterocycles. The van der Waals surface area contributed by atoms with E-state index in [-0.39, 0.29) is 16.9 Å². The van der Waals surface area contributed by atoms with Gasteiger partial charge >= 0.3 is 0 Å². The maximum atomic E-state index is 14.7. The summed E-state index contributed by atoms with van der Waals surface area (Å²) in [7, 11) is 0. The second-order valence-corrected chi connectivity index (χ2v) is 6.77. The van der Waals surface area contributed by atoms with Crippen molar-refractivity contribution in [2.24, 2.45) is 0 Å². The second-order valence-electron chi connectivity index (χ2n) is 6.77. The van der Waals surface area contributed by atoms with Crippen LogP contribution in [0.4, 0.5) is 10.1 Å². The highest BCUT2D eigenvalue weighted by Crippen LogP contribution is 2.42. The molecule has 0 spiro atoms. The average molecular weight is 388 g/mol. The van der Waals surface area contributed by atoms with Crippen LogP contribution >= 0.6 is 0 Å². The summed E-state index contributed by atoms with van der Waals surface area (Å²) in [5.74, 6) is -2.65. The summed E-state index contributed by atoms with van der Waals surface area (Å²) < 4.78 is 14.7. The molecule has 2 heterocycles. The van der Waals surface area contributed by atoms with E-state index >= 15 is 0 Å². The Morgan fingerprint density at radius 3 is 2.41 bits per heavy atom.